The summed E-state index contributed by atoms with van der Waals surface area (Å²) >= 11 is 0. The maximum atomic E-state index is 13.8. The number of ether oxygens (including phenoxy) is 1. The van der Waals surface area contributed by atoms with E-state index >= 15 is 0 Å². The van der Waals surface area contributed by atoms with Gasteiger partial charge >= 0.3 is 5.97 Å². The molecule has 0 bridgehead atoms. The van der Waals surface area contributed by atoms with Gasteiger partial charge in [-0.05, 0) is 54.4 Å². The Morgan fingerprint density at radius 1 is 0.941 bits per heavy atom. The van der Waals surface area contributed by atoms with Gasteiger partial charge in [-0.3, -0.25) is 0 Å². The maximum Gasteiger partial charge on any atom is 0.360 e. The molecule has 0 saturated heterocycles. The number of pyridine rings is 1. The van der Waals surface area contributed by atoms with Crippen LogP contribution in [0.2, 0.25) is 0 Å². The molecule has 5 nitrogen and oxygen atoms in total. The zero-order valence-electron chi connectivity index (χ0n) is 18.4. The number of para-hydroxylation sites is 1. The highest BCUT2D eigenvalue weighted by Crippen LogP contribution is 2.46. The van der Waals surface area contributed by atoms with Gasteiger partial charge in [0.25, 0.3) is 0 Å². The van der Waals surface area contributed by atoms with Gasteiger partial charge in [-0.25, -0.2) is 14.2 Å². The summed E-state index contributed by atoms with van der Waals surface area (Å²) in [5, 5.41) is 11.8. The molecule has 0 aliphatic heterocycles. The summed E-state index contributed by atoms with van der Waals surface area (Å²) in [6.07, 6.45) is 1.56. The number of carbonyl (C=O) groups is 1. The minimum atomic E-state index is -0.697. The molecule has 2 aromatic heterocycles. The number of nitrogens with zero attached hydrogens (tertiary/aromatic N) is 2. The van der Waals surface area contributed by atoms with Crippen LogP contribution in [0.1, 0.15) is 17.4 Å². The molecule has 3 aromatic carbocycles. The number of aromatic hydroxyl groups is 1. The lowest BCUT2D eigenvalue weighted by Crippen LogP contribution is -2.07. The van der Waals surface area contributed by atoms with Crippen molar-refractivity contribution in [1.82, 2.24) is 9.55 Å². The molecule has 0 aliphatic rings. The molecule has 0 radical (unpaired) electrons. The molecular formula is C28H21FN2O3. The minimum absolute atomic E-state index is 0.151. The Bertz CT molecular complexity index is 1480. The summed E-state index contributed by atoms with van der Waals surface area (Å²) in [6.45, 7) is 1.86. The molecule has 6 heteroatoms. The van der Waals surface area contributed by atoms with Crippen molar-refractivity contribution >= 4 is 16.9 Å². The van der Waals surface area contributed by atoms with Crippen LogP contribution in [0.4, 0.5) is 4.39 Å². The Labute approximate surface area is 195 Å². The van der Waals surface area contributed by atoms with Gasteiger partial charge in [0.2, 0.25) is 0 Å². The van der Waals surface area contributed by atoms with Crippen molar-refractivity contribution < 1.29 is 19.0 Å². The van der Waals surface area contributed by atoms with Gasteiger partial charge in [0.05, 0.1) is 29.4 Å². The van der Waals surface area contributed by atoms with Gasteiger partial charge in [-0.1, -0.05) is 48.5 Å². The number of carbonyl (C=O) groups excluding carboxylic acids is 1. The maximum absolute atomic E-state index is 13.8. The SMILES string of the molecule is CCOC(=O)c1ncc2c(c1O)c(-c1ccccc1)c(-c1ccc(F)cc1)n2-c1ccccc1. The second-order valence-corrected chi connectivity index (χ2v) is 7.70. The van der Waals surface area contributed by atoms with Crippen LogP contribution >= 0.6 is 0 Å². The second kappa shape index (κ2) is 8.83. The van der Waals surface area contributed by atoms with Crippen molar-refractivity contribution in [2.75, 3.05) is 6.61 Å². The molecule has 1 N–H and O–H groups in total. The molecule has 0 saturated carbocycles. The van der Waals surface area contributed by atoms with Crippen LogP contribution in [-0.2, 0) is 4.74 Å². The number of hydrogen-bond acceptors (Lipinski definition) is 4. The highest BCUT2D eigenvalue weighted by molar-refractivity contribution is 6.11. The zero-order valence-corrected chi connectivity index (χ0v) is 18.4. The van der Waals surface area contributed by atoms with Crippen molar-refractivity contribution in [2.45, 2.75) is 6.92 Å². The number of aromatic nitrogens is 2. The van der Waals surface area contributed by atoms with Gasteiger partial charge in [-0.15, -0.1) is 0 Å². The molecule has 0 aliphatic carbocycles. The fourth-order valence-corrected chi connectivity index (χ4v) is 4.22. The fourth-order valence-electron chi connectivity index (χ4n) is 4.22. The average Bonchev–Trinajstić information content (AvgIpc) is 3.22. The van der Waals surface area contributed by atoms with Gasteiger partial charge in [0.15, 0.2) is 11.4 Å². The Morgan fingerprint density at radius 2 is 1.59 bits per heavy atom. The number of fused-ring (bicyclic) bond motifs is 1. The highest BCUT2D eigenvalue weighted by atomic mass is 19.1. The van der Waals surface area contributed by atoms with E-state index in [4.69, 9.17) is 4.74 Å². The van der Waals surface area contributed by atoms with Crippen LogP contribution in [-0.4, -0.2) is 27.2 Å². The summed E-state index contributed by atoms with van der Waals surface area (Å²) in [5.74, 6) is -1.30. The summed E-state index contributed by atoms with van der Waals surface area (Å²) in [4.78, 5) is 16.8. The first-order valence-corrected chi connectivity index (χ1v) is 10.9. The van der Waals surface area contributed by atoms with Crippen molar-refractivity contribution in [3.8, 4) is 33.8 Å². The van der Waals surface area contributed by atoms with E-state index in [2.05, 4.69) is 4.98 Å². The Balaban J connectivity index is 1.96. The van der Waals surface area contributed by atoms with E-state index < -0.39 is 5.97 Å². The second-order valence-electron chi connectivity index (χ2n) is 7.70. The molecule has 0 fully saturated rings. The van der Waals surface area contributed by atoms with Crippen LogP contribution in [0.25, 0.3) is 39.0 Å². The summed E-state index contributed by atoms with van der Waals surface area (Å²) in [5.41, 5.74) is 4.31. The van der Waals surface area contributed by atoms with Crippen molar-refractivity contribution in [1.29, 1.82) is 0 Å². The average molecular weight is 452 g/mol. The van der Waals surface area contributed by atoms with Crippen LogP contribution in [0.3, 0.4) is 0 Å². The smallest absolute Gasteiger partial charge is 0.360 e. The van der Waals surface area contributed by atoms with Gasteiger partial charge in [0, 0.05) is 11.3 Å². The first kappa shape index (κ1) is 21.4. The number of rotatable bonds is 5. The molecule has 168 valence electrons. The minimum Gasteiger partial charge on any atom is -0.505 e. The van der Waals surface area contributed by atoms with E-state index in [1.807, 2.05) is 65.2 Å². The van der Waals surface area contributed by atoms with Gasteiger partial charge in [-0.2, -0.15) is 0 Å². The van der Waals surface area contributed by atoms with Crippen LogP contribution in [0, 0.1) is 5.82 Å². The third-order valence-corrected chi connectivity index (χ3v) is 5.65. The molecule has 34 heavy (non-hydrogen) atoms. The molecule has 5 aromatic rings. The Morgan fingerprint density at radius 3 is 2.24 bits per heavy atom. The van der Waals surface area contributed by atoms with E-state index in [1.165, 1.54) is 12.1 Å². The first-order valence-electron chi connectivity index (χ1n) is 10.9. The van der Waals surface area contributed by atoms with E-state index in [9.17, 15) is 14.3 Å². The zero-order chi connectivity index (χ0) is 23.7. The van der Waals surface area contributed by atoms with E-state index in [-0.39, 0.29) is 23.9 Å². The lowest BCUT2D eigenvalue weighted by atomic mass is 9.97. The van der Waals surface area contributed by atoms with Crippen molar-refractivity contribution in [2.24, 2.45) is 0 Å². The standard InChI is InChI=1S/C28H21FN2O3/c1-2-34-28(33)25-27(32)24-22(17-30-25)31(21-11-7-4-8-12-21)26(19-13-15-20(29)16-14-19)23(24)18-9-5-3-6-10-18/h3-17,32H,2H2,1H3. The largest absolute Gasteiger partial charge is 0.505 e. The lowest BCUT2D eigenvalue weighted by Gasteiger charge is -2.13. The predicted molar refractivity (Wildman–Crippen MR) is 130 cm³/mol. The highest BCUT2D eigenvalue weighted by Gasteiger charge is 2.27. The van der Waals surface area contributed by atoms with E-state index in [0.29, 0.717) is 16.5 Å². The Kier molecular flexibility index (Phi) is 5.55. The number of benzene rings is 3. The van der Waals surface area contributed by atoms with E-state index in [0.717, 1.165) is 22.5 Å². The number of halogens is 1. The molecule has 0 atom stereocenters. The molecule has 2 heterocycles. The summed E-state index contributed by atoms with van der Waals surface area (Å²) in [7, 11) is 0. The fraction of sp³-hybridized carbons (Fsp3) is 0.0714. The molecule has 0 amide bonds. The van der Waals surface area contributed by atoms with Crippen molar-refractivity contribution in [3.63, 3.8) is 0 Å². The van der Waals surface area contributed by atoms with Crippen LogP contribution in [0.5, 0.6) is 5.75 Å². The molecule has 5 rings (SSSR count). The molecular weight excluding hydrogens is 431 g/mol. The monoisotopic (exact) mass is 452 g/mol. The first-order chi connectivity index (χ1) is 16.6. The van der Waals surface area contributed by atoms with Crippen LogP contribution < -0.4 is 0 Å². The number of esters is 1. The summed E-state index contributed by atoms with van der Waals surface area (Å²) in [6, 6.07) is 25.4. The Hall–Kier alpha value is -4.45. The lowest BCUT2D eigenvalue weighted by molar-refractivity contribution is 0.0516. The van der Waals surface area contributed by atoms with E-state index in [1.54, 1.807) is 25.3 Å². The number of hydrogen-bond donors (Lipinski definition) is 1. The molecule has 0 unspecified atom stereocenters. The normalized spacial score (nSPS) is 11.0. The summed E-state index contributed by atoms with van der Waals surface area (Å²) < 4.78 is 20.9. The predicted octanol–water partition coefficient (Wildman–Crippen LogP) is 6.38. The van der Waals surface area contributed by atoms with Crippen LogP contribution in [0.15, 0.2) is 91.1 Å². The van der Waals surface area contributed by atoms with Crippen molar-refractivity contribution in [3.05, 3.63) is 103 Å². The van der Waals surface area contributed by atoms with Gasteiger partial charge < -0.3 is 14.4 Å². The topological polar surface area (TPSA) is 64.3 Å². The van der Waals surface area contributed by atoms with Gasteiger partial charge in [0.1, 0.15) is 5.82 Å². The molecule has 0 spiro atoms. The third kappa shape index (κ3) is 3.59. The quantitative estimate of drug-likeness (QED) is 0.314. The third-order valence-electron chi connectivity index (χ3n) is 5.65.